The van der Waals surface area contributed by atoms with Gasteiger partial charge in [0.25, 0.3) is 0 Å². The number of para-hydroxylation sites is 2. The zero-order chi connectivity index (χ0) is 13.0. The summed E-state index contributed by atoms with van der Waals surface area (Å²) in [4.78, 5) is 11.7. The van der Waals surface area contributed by atoms with Crippen molar-refractivity contribution in [3.63, 3.8) is 0 Å². The topological polar surface area (TPSA) is 56.8 Å². The van der Waals surface area contributed by atoms with E-state index in [0.29, 0.717) is 19.8 Å². The maximum Gasteiger partial charge on any atom is 0.318 e. The molecule has 0 unspecified atom stereocenters. The molecule has 5 heteroatoms. The summed E-state index contributed by atoms with van der Waals surface area (Å²) in [6.07, 6.45) is 0. The number of methoxy groups -OCH3 is 2. The molecule has 0 amide bonds. The zero-order valence-electron chi connectivity index (χ0n) is 10.6. The first-order valence-corrected chi connectivity index (χ1v) is 5.75. The van der Waals surface area contributed by atoms with Gasteiger partial charge >= 0.3 is 5.97 Å². The van der Waals surface area contributed by atoms with E-state index < -0.39 is 5.41 Å². The van der Waals surface area contributed by atoms with Crippen molar-refractivity contribution < 1.29 is 19.0 Å². The summed E-state index contributed by atoms with van der Waals surface area (Å²) < 4.78 is 15.2. The van der Waals surface area contributed by atoms with E-state index >= 15 is 0 Å². The van der Waals surface area contributed by atoms with Crippen LogP contribution in [0.1, 0.15) is 0 Å². The van der Waals surface area contributed by atoms with Gasteiger partial charge in [-0.15, -0.1) is 0 Å². The van der Waals surface area contributed by atoms with E-state index in [1.54, 1.807) is 7.11 Å². The van der Waals surface area contributed by atoms with Crippen LogP contribution in [0.15, 0.2) is 24.3 Å². The van der Waals surface area contributed by atoms with Gasteiger partial charge in [0.1, 0.15) is 11.2 Å². The van der Waals surface area contributed by atoms with Crippen LogP contribution in [0.25, 0.3) is 0 Å². The normalized spacial score (nSPS) is 16.6. The number of nitrogens with one attached hydrogen (secondary N) is 1. The Morgan fingerprint density at radius 1 is 1.39 bits per heavy atom. The monoisotopic (exact) mass is 251 g/mol. The van der Waals surface area contributed by atoms with Gasteiger partial charge in [-0.2, -0.15) is 0 Å². The van der Waals surface area contributed by atoms with Crippen molar-refractivity contribution in [1.82, 2.24) is 0 Å². The van der Waals surface area contributed by atoms with Crippen molar-refractivity contribution in [3.05, 3.63) is 24.3 Å². The predicted molar refractivity (Wildman–Crippen MR) is 66.8 cm³/mol. The first-order valence-electron chi connectivity index (χ1n) is 5.75. The van der Waals surface area contributed by atoms with Crippen molar-refractivity contribution in [2.24, 2.45) is 5.41 Å². The lowest BCUT2D eigenvalue weighted by Gasteiger charge is -2.38. The molecule has 1 aromatic rings. The average Bonchev–Trinajstić information content (AvgIpc) is 2.37. The molecule has 1 fully saturated rings. The van der Waals surface area contributed by atoms with Gasteiger partial charge in [0.2, 0.25) is 0 Å². The van der Waals surface area contributed by atoms with E-state index in [2.05, 4.69) is 5.32 Å². The number of ether oxygens (including phenoxy) is 3. The Morgan fingerprint density at radius 3 is 2.67 bits per heavy atom. The number of hydrogen-bond acceptors (Lipinski definition) is 5. The van der Waals surface area contributed by atoms with Gasteiger partial charge in [-0.05, 0) is 12.1 Å². The standard InChI is InChI=1S/C13H17NO4/c1-16-11-6-4-3-5-10(11)14-7-13(8-18-9-13)12(15)17-2/h3-6,14H,7-9H2,1-2H3. The van der Waals surface area contributed by atoms with Crippen LogP contribution in [-0.4, -0.2) is 39.9 Å². The molecule has 1 saturated heterocycles. The number of anilines is 1. The van der Waals surface area contributed by atoms with Crippen LogP contribution < -0.4 is 10.1 Å². The van der Waals surface area contributed by atoms with Crippen molar-refractivity contribution in [3.8, 4) is 5.75 Å². The van der Waals surface area contributed by atoms with E-state index in [-0.39, 0.29) is 5.97 Å². The second-order valence-electron chi connectivity index (χ2n) is 4.32. The summed E-state index contributed by atoms with van der Waals surface area (Å²) in [6, 6.07) is 7.58. The van der Waals surface area contributed by atoms with E-state index in [9.17, 15) is 4.79 Å². The molecule has 1 aromatic carbocycles. The van der Waals surface area contributed by atoms with Gasteiger partial charge in [0.05, 0.1) is 33.1 Å². The highest BCUT2D eigenvalue weighted by Crippen LogP contribution is 2.31. The van der Waals surface area contributed by atoms with Crippen molar-refractivity contribution in [2.45, 2.75) is 0 Å². The van der Waals surface area contributed by atoms with Gasteiger partial charge in [-0.3, -0.25) is 4.79 Å². The molecule has 0 atom stereocenters. The summed E-state index contributed by atoms with van der Waals surface area (Å²) >= 11 is 0. The molecule has 1 heterocycles. The molecule has 18 heavy (non-hydrogen) atoms. The Bertz CT molecular complexity index is 429. The minimum absolute atomic E-state index is 0.240. The lowest BCUT2D eigenvalue weighted by molar-refractivity contribution is -0.180. The molecule has 1 aliphatic rings. The van der Waals surface area contributed by atoms with E-state index in [0.717, 1.165) is 11.4 Å². The fourth-order valence-electron chi connectivity index (χ4n) is 1.91. The first kappa shape index (κ1) is 12.7. The van der Waals surface area contributed by atoms with Gasteiger partial charge in [-0.1, -0.05) is 12.1 Å². The molecule has 0 bridgehead atoms. The fourth-order valence-corrected chi connectivity index (χ4v) is 1.91. The number of rotatable bonds is 5. The van der Waals surface area contributed by atoms with E-state index in [1.165, 1.54) is 7.11 Å². The number of hydrogen-bond donors (Lipinski definition) is 1. The predicted octanol–water partition coefficient (Wildman–Crippen LogP) is 1.30. The second kappa shape index (κ2) is 5.27. The van der Waals surface area contributed by atoms with Gasteiger partial charge in [0, 0.05) is 6.54 Å². The second-order valence-corrected chi connectivity index (χ2v) is 4.32. The van der Waals surface area contributed by atoms with E-state index in [1.807, 2.05) is 24.3 Å². The highest BCUT2D eigenvalue weighted by molar-refractivity contribution is 5.79. The van der Waals surface area contributed by atoms with Crippen LogP contribution >= 0.6 is 0 Å². The molecule has 5 nitrogen and oxygen atoms in total. The molecule has 1 N–H and O–H groups in total. The van der Waals surface area contributed by atoms with Crippen LogP contribution in [0, 0.1) is 5.41 Å². The van der Waals surface area contributed by atoms with Crippen molar-refractivity contribution in [2.75, 3.05) is 39.3 Å². The SMILES string of the molecule is COC(=O)C1(CNc2ccccc2OC)COC1. The minimum Gasteiger partial charge on any atom is -0.495 e. The van der Waals surface area contributed by atoms with Gasteiger partial charge in [0.15, 0.2) is 0 Å². The molecule has 0 spiro atoms. The molecule has 0 aliphatic carbocycles. The maximum atomic E-state index is 11.7. The molecule has 0 radical (unpaired) electrons. The quantitative estimate of drug-likeness (QED) is 0.799. The summed E-state index contributed by atoms with van der Waals surface area (Å²) in [5.74, 6) is 0.508. The van der Waals surface area contributed by atoms with Crippen LogP contribution in [0.3, 0.4) is 0 Å². The Kier molecular flexibility index (Phi) is 3.72. The molecule has 0 aromatic heterocycles. The molecular weight excluding hydrogens is 234 g/mol. The first-order chi connectivity index (χ1) is 8.72. The van der Waals surface area contributed by atoms with Gasteiger partial charge in [-0.25, -0.2) is 0 Å². The maximum absolute atomic E-state index is 11.7. The number of benzene rings is 1. The summed E-state index contributed by atoms with van der Waals surface area (Å²) in [5.41, 5.74) is 0.283. The molecule has 2 rings (SSSR count). The number of esters is 1. The van der Waals surface area contributed by atoms with Crippen LogP contribution in [0.4, 0.5) is 5.69 Å². The number of carbonyl (C=O) groups is 1. The Hall–Kier alpha value is -1.75. The average molecular weight is 251 g/mol. The Morgan fingerprint density at radius 2 is 2.11 bits per heavy atom. The lowest BCUT2D eigenvalue weighted by Crippen LogP contribution is -2.54. The summed E-state index contributed by atoms with van der Waals surface area (Å²) in [7, 11) is 3.01. The number of carbonyl (C=O) groups excluding carboxylic acids is 1. The fraction of sp³-hybridized carbons (Fsp3) is 0.462. The Labute approximate surface area is 106 Å². The molecule has 1 aliphatic heterocycles. The molecule has 0 saturated carbocycles. The summed E-state index contributed by atoms with van der Waals surface area (Å²) in [5, 5.41) is 3.22. The van der Waals surface area contributed by atoms with Crippen molar-refractivity contribution >= 4 is 11.7 Å². The van der Waals surface area contributed by atoms with Gasteiger partial charge < -0.3 is 19.5 Å². The summed E-state index contributed by atoms with van der Waals surface area (Å²) in [6.45, 7) is 1.25. The zero-order valence-corrected chi connectivity index (χ0v) is 10.6. The largest absolute Gasteiger partial charge is 0.495 e. The Balaban J connectivity index is 2.04. The highest BCUT2D eigenvalue weighted by atomic mass is 16.5. The minimum atomic E-state index is -0.574. The van der Waals surface area contributed by atoms with E-state index in [4.69, 9.17) is 14.2 Å². The lowest BCUT2D eigenvalue weighted by atomic mass is 9.86. The molecule has 98 valence electrons. The highest BCUT2D eigenvalue weighted by Gasteiger charge is 2.47. The van der Waals surface area contributed by atoms with Crippen molar-refractivity contribution in [1.29, 1.82) is 0 Å². The third kappa shape index (κ3) is 2.26. The van der Waals surface area contributed by atoms with Crippen LogP contribution in [0.5, 0.6) is 5.75 Å². The third-order valence-corrected chi connectivity index (χ3v) is 3.10. The smallest absolute Gasteiger partial charge is 0.318 e. The van der Waals surface area contributed by atoms with Crippen LogP contribution in [-0.2, 0) is 14.3 Å². The molecular formula is C13H17NO4. The van der Waals surface area contributed by atoms with Crippen LogP contribution in [0.2, 0.25) is 0 Å². The third-order valence-electron chi connectivity index (χ3n) is 3.10.